The van der Waals surface area contributed by atoms with E-state index in [2.05, 4.69) is 5.10 Å². The van der Waals surface area contributed by atoms with Crippen molar-refractivity contribution in [2.24, 2.45) is 0 Å². The number of halogens is 1. The van der Waals surface area contributed by atoms with Crippen LogP contribution in [0.25, 0.3) is 10.8 Å². The quantitative estimate of drug-likeness (QED) is 0.691. The van der Waals surface area contributed by atoms with Gasteiger partial charge < -0.3 is 4.42 Å². The third kappa shape index (κ3) is 2.60. The second-order valence-electron chi connectivity index (χ2n) is 3.84. The van der Waals surface area contributed by atoms with Crippen molar-refractivity contribution < 1.29 is 9.21 Å². The van der Waals surface area contributed by atoms with Gasteiger partial charge in [0.1, 0.15) is 6.54 Å². The van der Waals surface area contributed by atoms with Gasteiger partial charge in [-0.15, -0.1) is 27.8 Å². The minimum atomic E-state index is -0.649. The molecule has 3 aromatic heterocycles. The van der Waals surface area contributed by atoms with Gasteiger partial charge in [-0.25, -0.2) is 4.79 Å². The maximum absolute atomic E-state index is 12.0. The topological polar surface area (TPSA) is 65.1 Å². The van der Waals surface area contributed by atoms with E-state index >= 15 is 0 Å². The fourth-order valence-electron chi connectivity index (χ4n) is 1.58. The van der Waals surface area contributed by atoms with Crippen LogP contribution in [-0.2, 0) is 6.54 Å². The molecule has 3 aromatic rings. The van der Waals surface area contributed by atoms with E-state index in [1.807, 2.05) is 11.4 Å². The van der Waals surface area contributed by atoms with Gasteiger partial charge in [0.05, 0.1) is 14.1 Å². The zero-order valence-corrected chi connectivity index (χ0v) is 12.3. The highest BCUT2D eigenvalue weighted by molar-refractivity contribution is 7.18. The van der Waals surface area contributed by atoms with E-state index < -0.39 is 5.76 Å². The lowest BCUT2D eigenvalue weighted by atomic mass is 10.3. The predicted molar refractivity (Wildman–Crippen MR) is 77.7 cm³/mol. The predicted octanol–water partition coefficient (Wildman–Crippen LogP) is 3.16. The third-order valence-corrected chi connectivity index (χ3v) is 4.61. The zero-order valence-electron chi connectivity index (χ0n) is 9.91. The van der Waals surface area contributed by atoms with E-state index in [4.69, 9.17) is 16.0 Å². The zero-order chi connectivity index (χ0) is 14.1. The standard InChI is InChI=1S/C12H7ClN2O3S2/c13-10-4-3-8(20-10)7(16)6-15-12(17)18-11(14-15)9-2-1-5-19-9/h1-5H,6H2. The van der Waals surface area contributed by atoms with Gasteiger partial charge in [-0.3, -0.25) is 4.79 Å². The molecule has 0 aliphatic rings. The molecule has 0 unspecified atom stereocenters. The van der Waals surface area contributed by atoms with Crippen LogP contribution in [0.3, 0.4) is 0 Å². The molecule has 0 fully saturated rings. The molecule has 102 valence electrons. The van der Waals surface area contributed by atoms with Crippen LogP contribution >= 0.6 is 34.3 Å². The number of nitrogens with zero attached hydrogens (tertiary/aromatic N) is 2. The lowest BCUT2D eigenvalue weighted by molar-refractivity contribution is 0.0969. The van der Waals surface area contributed by atoms with E-state index in [-0.39, 0.29) is 18.2 Å². The lowest BCUT2D eigenvalue weighted by Gasteiger charge is -1.95. The van der Waals surface area contributed by atoms with Gasteiger partial charge in [0.15, 0.2) is 5.78 Å². The van der Waals surface area contributed by atoms with Crippen molar-refractivity contribution in [1.29, 1.82) is 0 Å². The number of rotatable bonds is 4. The molecule has 0 aliphatic heterocycles. The average Bonchev–Trinajstić information content (AvgIpc) is 3.11. The van der Waals surface area contributed by atoms with Gasteiger partial charge in [0.2, 0.25) is 0 Å². The van der Waals surface area contributed by atoms with E-state index in [9.17, 15) is 9.59 Å². The Bertz CT molecular complexity index is 801. The molecule has 0 atom stereocenters. The molecular weight excluding hydrogens is 320 g/mol. The number of aromatic nitrogens is 2. The van der Waals surface area contributed by atoms with Gasteiger partial charge in [-0.05, 0) is 23.6 Å². The van der Waals surface area contributed by atoms with Crippen molar-refractivity contribution in [3.05, 3.63) is 49.4 Å². The molecular formula is C12H7ClN2O3S2. The molecule has 3 rings (SSSR count). The molecule has 0 aliphatic carbocycles. The van der Waals surface area contributed by atoms with Crippen molar-refractivity contribution in [2.45, 2.75) is 6.54 Å². The summed E-state index contributed by atoms with van der Waals surface area (Å²) in [5, 5.41) is 5.88. The Morgan fingerprint density at radius 1 is 1.40 bits per heavy atom. The molecule has 0 amide bonds. The highest BCUT2D eigenvalue weighted by Gasteiger charge is 2.16. The van der Waals surface area contributed by atoms with Crippen LogP contribution in [0.1, 0.15) is 9.67 Å². The first-order chi connectivity index (χ1) is 9.63. The summed E-state index contributed by atoms with van der Waals surface area (Å²) < 4.78 is 6.58. The fraction of sp³-hybridized carbons (Fsp3) is 0.0833. The van der Waals surface area contributed by atoms with Crippen LogP contribution in [-0.4, -0.2) is 15.6 Å². The maximum Gasteiger partial charge on any atom is 0.437 e. The number of thiophene rings is 2. The summed E-state index contributed by atoms with van der Waals surface area (Å²) in [7, 11) is 0. The first-order valence-corrected chi connectivity index (χ1v) is 7.61. The SMILES string of the molecule is O=C(Cn1nc(-c2cccs2)oc1=O)c1ccc(Cl)s1. The Balaban J connectivity index is 1.85. The summed E-state index contributed by atoms with van der Waals surface area (Å²) in [5.41, 5.74) is 0. The number of hydrogen-bond donors (Lipinski definition) is 0. The molecule has 0 saturated heterocycles. The molecule has 0 N–H and O–H groups in total. The molecule has 20 heavy (non-hydrogen) atoms. The largest absolute Gasteiger partial charge is 0.437 e. The smallest absolute Gasteiger partial charge is 0.387 e. The summed E-state index contributed by atoms with van der Waals surface area (Å²) in [6.45, 7) is -0.162. The van der Waals surface area contributed by atoms with Crippen LogP contribution < -0.4 is 5.76 Å². The van der Waals surface area contributed by atoms with Gasteiger partial charge in [0.25, 0.3) is 5.89 Å². The number of Topliss-reactive ketones (excluding diaryl/α,β-unsaturated/α-hetero) is 1. The van der Waals surface area contributed by atoms with Crippen molar-refractivity contribution in [1.82, 2.24) is 9.78 Å². The summed E-state index contributed by atoms with van der Waals surface area (Å²) >= 11 is 8.35. The van der Waals surface area contributed by atoms with Crippen LogP contribution in [0.4, 0.5) is 0 Å². The third-order valence-electron chi connectivity index (χ3n) is 2.48. The van der Waals surface area contributed by atoms with Gasteiger partial charge >= 0.3 is 5.76 Å². The van der Waals surface area contributed by atoms with Crippen molar-refractivity contribution in [3.8, 4) is 10.8 Å². The Hall–Kier alpha value is -1.70. The molecule has 0 aromatic carbocycles. The second kappa shape index (κ2) is 5.35. The lowest BCUT2D eigenvalue weighted by Crippen LogP contribution is -2.21. The number of carbonyl (C=O) groups excluding carboxylic acids is 1. The maximum atomic E-state index is 12.0. The van der Waals surface area contributed by atoms with Crippen LogP contribution in [0.2, 0.25) is 4.34 Å². The first kappa shape index (κ1) is 13.3. The van der Waals surface area contributed by atoms with Crippen molar-refractivity contribution in [3.63, 3.8) is 0 Å². The number of ketones is 1. The molecule has 0 bridgehead atoms. The van der Waals surface area contributed by atoms with Crippen LogP contribution in [0.5, 0.6) is 0 Å². The highest BCUT2D eigenvalue weighted by atomic mass is 35.5. The molecule has 5 nitrogen and oxygen atoms in total. The summed E-state index contributed by atoms with van der Waals surface area (Å²) in [6.07, 6.45) is 0. The van der Waals surface area contributed by atoms with E-state index in [1.165, 1.54) is 22.7 Å². The summed E-state index contributed by atoms with van der Waals surface area (Å²) in [5.74, 6) is -0.651. The minimum Gasteiger partial charge on any atom is -0.387 e. The van der Waals surface area contributed by atoms with Gasteiger partial charge in [-0.2, -0.15) is 4.68 Å². The molecule has 8 heteroatoms. The molecule has 0 saturated carbocycles. The fourth-order valence-corrected chi connectivity index (χ4v) is 3.20. The Morgan fingerprint density at radius 2 is 2.25 bits per heavy atom. The van der Waals surface area contributed by atoms with Crippen molar-refractivity contribution >= 4 is 40.1 Å². The highest BCUT2D eigenvalue weighted by Crippen LogP contribution is 2.23. The van der Waals surface area contributed by atoms with Gasteiger partial charge in [-0.1, -0.05) is 17.7 Å². The second-order valence-corrected chi connectivity index (χ2v) is 6.50. The summed E-state index contributed by atoms with van der Waals surface area (Å²) in [6, 6.07) is 6.89. The monoisotopic (exact) mass is 326 g/mol. The Labute approximate surface area is 126 Å². The molecule has 0 radical (unpaired) electrons. The van der Waals surface area contributed by atoms with Gasteiger partial charge in [0, 0.05) is 0 Å². The molecule has 0 spiro atoms. The number of hydrogen-bond acceptors (Lipinski definition) is 6. The first-order valence-electron chi connectivity index (χ1n) is 5.54. The number of carbonyl (C=O) groups is 1. The van der Waals surface area contributed by atoms with Crippen molar-refractivity contribution in [2.75, 3.05) is 0 Å². The Morgan fingerprint density at radius 3 is 2.90 bits per heavy atom. The Kier molecular flexibility index (Phi) is 3.56. The summed E-state index contributed by atoms with van der Waals surface area (Å²) in [4.78, 5) is 24.9. The normalized spacial score (nSPS) is 10.8. The molecule has 3 heterocycles. The minimum absolute atomic E-state index is 0.162. The average molecular weight is 327 g/mol. The van der Waals surface area contributed by atoms with Crippen LogP contribution in [0, 0.1) is 0 Å². The van der Waals surface area contributed by atoms with E-state index in [0.717, 1.165) is 9.56 Å². The van der Waals surface area contributed by atoms with E-state index in [0.29, 0.717) is 9.21 Å². The van der Waals surface area contributed by atoms with E-state index in [1.54, 1.807) is 18.2 Å². The van der Waals surface area contributed by atoms with Crippen LogP contribution in [0.15, 0.2) is 38.9 Å².